The first-order valence-electron chi connectivity index (χ1n) is 3.61. The summed E-state index contributed by atoms with van der Waals surface area (Å²) in [6.45, 7) is 0. The van der Waals surface area contributed by atoms with E-state index in [1.165, 1.54) is 0 Å². The van der Waals surface area contributed by atoms with Crippen molar-refractivity contribution in [3.05, 3.63) is 39.5 Å². The van der Waals surface area contributed by atoms with Gasteiger partial charge in [-0.25, -0.2) is 0 Å². The minimum atomic E-state index is -0.485. The summed E-state index contributed by atoms with van der Waals surface area (Å²) in [5.74, 6) is 0. The van der Waals surface area contributed by atoms with Gasteiger partial charge < -0.3 is 4.98 Å². The number of rotatable bonds is 1. The van der Waals surface area contributed by atoms with Crippen molar-refractivity contribution in [2.75, 3.05) is 0 Å². The Kier molecular flexibility index (Phi) is 1.70. The second-order valence-corrected chi connectivity index (χ2v) is 2.97. The Labute approximate surface area is 78.3 Å². The molecule has 0 saturated heterocycles. The quantitative estimate of drug-likeness (QED) is 0.563. The molecule has 1 heterocycles. The Balaban J connectivity index is 2.86. The van der Waals surface area contributed by atoms with Crippen LogP contribution in [-0.4, -0.2) is 9.91 Å². The first-order valence-corrected chi connectivity index (χ1v) is 3.98. The third-order valence-electron chi connectivity index (χ3n) is 1.82. The molecule has 0 aliphatic heterocycles. The van der Waals surface area contributed by atoms with Gasteiger partial charge in [-0.05, 0) is 12.1 Å². The Hall–Kier alpha value is -1.55. The number of halogens is 1. The highest BCUT2D eigenvalue weighted by molar-refractivity contribution is 6.33. The highest BCUT2D eigenvalue weighted by Crippen LogP contribution is 2.32. The number of nitrogens with zero attached hydrogens (tertiary/aromatic N) is 1. The first-order chi connectivity index (χ1) is 6.20. The van der Waals surface area contributed by atoms with Gasteiger partial charge >= 0.3 is 5.69 Å². The van der Waals surface area contributed by atoms with Crippen LogP contribution in [0, 0.1) is 10.1 Å². The maximum absolute atomic E-state index is 10.6. The van der Waals surface area contributed by atoms with Gasteiger partial charge in [0.1, 0.15) is 0 Å². The van der Waals surface area contributed by atoms with Crippen LogP contribution in [0.3, 0.4) is 0 Å². The summed E-state index contributed by atoms with van der Waals surface area (Å²) < 4.78 is 0. The lowest BCUT2D eigenvalue weighted by Crippen LogP contribution is -1.85. The molecule has 0 spiro atoms. The van der Waals surface area contributed by atoms with Crippen molar-refractivity contribution >= 4 is 28.2 Å². The molecule has 0 unspecified atom stereocenters. The van der Waals surface area contributed by atoms with Crippen LogP contribution in [0.2, 0.25) is 5.15 Å². The van der Waals surface area contributed by atoms with Crippen LogP contribution in [0.1, 0.15) is 0 Å². The van der Waals surface area contributed by atoms with E-state index in [1.807, 2.05) is 0 Å². The van der Waals surface area contributed by atoms with Crippen molar-refractivity contribution in [2.45, 2.75) is 0 Å². The van der Waals surface area contributed by atoms with E-state index in [0.29, 0.717) is 10.9 Å². The number of nitrogens with one attached hydrogen (secondary N) is 1. The van der Waals surface area contributed by atoms with E-state index in [-0.39, 0.29) is 10.8 Å². The summed E-state index contributed by atoms with van der Waals surface area (Å²) in [6.07, 6.45) is 0. The minimum absolute atomic E-state index is 0.0581. The standard InChI is InChI=1S/C8H5ClN2O2/c9-8-7(11(12)13)5-3-1-2-4-6(5)10-8/h1-4,10H. The number of nitro groups is 1. The Morgan fingerprint density at radius 1 is 1.38 bits per heavy atom. The Morgan fingerprint density at radius 2 is 2.08 bits per heavy atom. The van der Waals surface area contributed by atoms with Crippen molar-refractivity contribution in [1.29, 1.82) is 0 Å². The highest BCUT2D eigenvalue weighted by Gasteiger charge is 2.19. The fourth-order valence-corrected chi connectivity index (χ4v) is 1.55. The van der Waals surface area contributed by atoms with Gasteiger partial charge in [-0.3, -0.25) is 10.1 Å². The lowest BCUT2D eigenvalue weighted by atomic mass is 10.2. The van der Waals surface area contributed by atoms with Crippen molar-refractivity contribution in [1.82, 2.24) is 4.98 Å². The number of aromatic nitrogens is 1. The van der Waals surface area contributed by atoms with Crippen LogP contribution in [0.25, 0.3) is 10.9 Å². The lowest BCUT2D eigenvalue weighted by molar-refractivity contribution is -0.382. The van der Waals surface area contributed by atoms with Gasteiger partial charge in [-0.1, -0.05) is 23.7 Å². The van der Waals surface area contributed by atoms with Crippen LogP contribution in [0.4, 0.5) is 5.69 Å². The monoisotopic (exact) mass is 196 g/mol. The molecule has 0 fully saturated rings. The zero-order chi connectivity index (χ0) is 9.42. The molecular formula is C8H5ClN2O2. The minimum Gasteiger partial charge on any atom is -0.340 e. The summed E-state index contributed by atoms with van der Waals surface area (Å²) in [6, 6.07) is 6.93. The van der Waals surface area contributed by atoms with Gasteiger partial charge in [-0.2, -0.15) is 0 Å². The maximum atomic E-state index is 10.6. The molecule has 13 heavy (non-hydrogen) atoms. The molecule has 4 nitrogen and oxygen atoms in total. The number of fused-ring (bicyclic) bond motifs is 1. The zero-order valence-electron chi connectivity index (χ0n) is 6.45. The van der Waals surface area contributed by atoms with E-state index < -0.39 is 4.92 Å². The number of hydrogen-bond acceptors (Lipinski definition) is 2. The fraction of sp³-hybridized carbons (Fsp3) is 0. The smallest absolute Gasteiger partial charge is 0.313 e. The molecule has 2 aromatic rings. The summed E-state index contributed by atoms with van der Waals surface area (Å²) in [4.78, 5) is 12.8. The van der Waals surface area contributed by atoms with Gasteiger partial charge in [0.15, 0.2) is 5.15 Å². The third kappa shape index (κ3) is 1.15. The van der Waals surface area contributed by atoms with E-state index in [1.54, 1.807) is 24.3 Å². The Morgan fingerprint density at radius 3 is 2.77 bits per heavy atom. The van der Waals surface area contributed by atoms with Crippen LogP contribution in [0.5, 0.6) is 0 Å². The molecular weight excluding hydrogens is 192 g/mol. The lowest BCUT2D eigenvalue weighted by Gasteiger charge is -1.87. The SMILES string of the molecule is O=[N+]([O-])c1c(Cl)[nH]c2ccccc12. The number of aromatic amines is 1. The predicted molar refractivity (Wildman–Crippen MR) is 50.0 cm³/mol. The summed E-state index contributed by atoms with van der Waals surface area (Å²) >= 11 is 5.67. The molecule has 1 N–H and O–H groups in total. The molecule has 0 aliphatic rings. The molecule has 0 saturated carbocycles. The first kappa shape index (κ1) is 8.07. The summed E-state index contributed by atoms with van der Waals surface area (Å²) in [5.41, 5.74) is 0.622. The molecule has 1 aromatic carbocycles. The second kappa shape index (κ2) is 2.74. The highest BCUT2D eigenvalue weighted by atomic mass is 35.5. The van der Waals surface area contributed by atoms with Crippen molar-refractivity contribution in [3.63, 3.8) is 0 Å². The maximum Gasteiger partial charge on any atom is 0.313 e. The van der Waals surface area contributed by atoms with Gasteiger partial charge in [0.25, 0.3) is 0 Å². The normalized spacial score (nSPS) is 10.5. The van der Waals surface area contributed by atoms with Crippen LogP contribution < -0.4 is 0 Å². The molecule has 0 radical (unpaired) electrons. The fourth-order valence-electron chi connectivity index (χ4n) is 1.27. The number of benzene rings is 1. The molecule has 1 aromatic heterocycles. The second-order valence-electron chi connectivity index (χ2n) is 2.59. The summed E-state index contributed by atoms with van der Waals surface area (Å²) in [7, 11) is 0. The molecule has 0 amide bonds. The zero-order valence-corrected chi connectivity index (χ0v) is 7.21. The molecule has 2 rings (SSSR count). The van der Waals surface area contributed by atoms with E-state index in [2.05, 4.69) is 4.98 Å². The van der Waals surface area contributed by atoms with Crippen molar-refractivity contribution in [2.24, 2.45) is 0 Å². The van der Waals surface area contributed by atoms with Gasteiger partial charge in [-0.15, -0.1) is 0 Å². The van der Waals surface area contributed by atoms with Gasteiger partial charge in [0.2, 0.25) is 0 Å². The van der Waals surface area contributed by atoms with Crippen LogP contribution >= 0.6 is 11.6 Å². The van der Waals surface area contributed by atoms with Crippen LogP contribution in [0.15, 0.2) is 24.3 Å². The van der Waals surface area contributed by atoms with E-state index in [0.717, 1.165) is 0 Å². The van der Waals surface area contributed by atoms with E-state index in [4.69, 9.17) is 11.6 Å². The summed E-state index contributed by atoms with van der Waals surface area (Å²) in [5, 5.41) is 11.2. The number of H-pyrrole nitrogens is 1. The number of hydrogen-bond donors (Lipinski definition) is 1. The molecule has 66 valence electrons. The van der Waals surface area contributed by atoms with Crippen LogP contribution in [-0.2, 0) is 0 Å². The largest absolute Gasteiger partial charge is 0.340 e. The topological polar surface area (TPSA) is 58.9 Å². The average Bonchev–Trinajstić information content (AvgIpc) is 2.39. The van der Waals surface area contributed by atoms with Crippen molar-refractivity contribution in [3.8, 4) is 0 Å². The number of para-hydroxylation sites is 1. The Bertz CT molecular complexity index is 478. The molecule has 5 heteroatoms. The van der Waals surface area contributed by atoms with E-state index >= 15 is 0 Å². The van der Waals surface area contributed by atoms with E-state index in [9.17, 15) is 10.1 Å². The van der Waals surface area contributed by atoms with Gasteiger partial charge in [0, 0.05) is 0 Å². The third-order valence-corrected chi connectivity index (χ3v) is 2.09. The average molecular weight is 197 g/mol. The molecule has 0 atom stereocenters. The van der Waals surface area contributed by atoms with Gasteiger partial charge in [0.05, 0.1) is 15.8 Å². The van der Waals surface area contributed by atoms with Crippen molar-refractivity contribution < 1.29 is 4.92 Å². The predicted octanol–water partition coefficient (Wildman–Crippen LogP) is 2.73. The molecule has 0 bridgehead atoms. The molecule has 0 aliphatic carbocycles.